The summed E-state index contributed by atoms with van der Waals surface area (Å²) in [7, 11) is 0. The van der Waals surface area contributed by atoms with Gasteiger partial charge >= 0.3 is 0 Å². The van der Waals surface area contributed by atoms with Crippen molar-refractivity contribution >= 4 is 22.9 Å². The van der Waals surface area contributed by atoms with Crippen molar-refractivity contribution in [1.29, 1.82) is 0 Å². The SMILES string of the molecule is O=C(c1ccco1)N1CCN(c2ncnc3c2nnn3-c2ccccc2)CC1. The van der Waals surface area contributed by atoms with E-state index in [4.69, 9.17) is 4.42 Å². The van der Waals surface area contributed by atoms with E-state index in [-0.39, 0.29) is 5.91 Å². The van der Waals surface area contributed by atoms with E-state index in [1.54, 1.807) is 21.7 Å². The van der Waals surface area contributed by atoms with E-state index in [2.05, 4.69) is 25.2 Å². The van der Waals surface area contributed by atoms with Crippen LogP contribution in [0.2, 0.25) is 0 Å². The van der Waals surface area contributed by atoms with Crippen molar-refractivity contribution in [1.82, 2.24) is 29.9 Å². The summed E-state index contributed by atoms with van der Waals surface area (Å²) in [5, 5.41) is 8.57. The lowest BCUT2D eigenvalue weighted by Gasteiger charge is -2.34. The molecule has 1 amide bonds. The van der Waals surface area contributed by atoms with Gasteiger partial charge in [-0.1, -0.05) is 23.4 Å². The number of benzene rings is 1. The van der Waals surface area contributed by atoms with Crippen LogP contribution in [-0.2, 0) is 0 Å². The van der Waals surface area contributed by atoms with Gasteiger partial charge in [0.15, 0.2) is 22.7 Å². The smallest absolute Gasteiger partial charge is 0.289 e. The van der Waals surface area contributed by atoms with E-state index in [1.165, 1.54) is 12.6 Å². The molecule has 0 atom stereocenters. The van der Waals surface area contributed by atoms with Crippen LogP contribution in [0.3, 0.4) is 0 Å². The fraction of sp³-hybridized carbons (Fsp3) is 0.211. The van der Waals surface area contributed by atoms with Crippen LogP contribution in [0.25, 0.3) is 16.9 Å². The molecule has 9 heteroatoms. The Labute approximate surface area is 160 Å². The van der Waals surface area contributed by atoms with Gasteiger partial charge in [0.2, 0.25) is 0 Å². The highest BCUT2D eigenvalue weighted by molar-refractivity contribution is 5.91. The second-order valence-electron chi connectivity index (χ2n) is 6.46. The fourth-order valence-electron chi connectivity index (χ4n) is 3.39. The van der Waals surface area contributed by atoms with Crippen LogP contribution < -0.4 is 4.90 Å². The predicted octanol–water partition coefficient (Wildman–Crippen LogP) is 1.77. The summed E-state index contributed by atoms with van der Waals surface area (Å²) >= 11 is 0. The Hall–Kier alpha value is -3.75. The molecule has 0 N–H and O–H groups in total. The van der Waals surface area contributed by atoms with Gasteiger partial charge in [0.25, 0.3) is 5.91 Å². The summed E-state index contributed by atoms with van der Waals surface area (Å²) in [4.78, 5) is 25.1. The van der Waals surface area contributed by atoms with E-state index in [1.807, 2.05) is 30.3 Å². The van der Waals surface area contributed by atoms with Crippen LogP contribution in [0, 0.1) is 0 Å². The van der Waals surface area contributed by atoms with E-state index in [9.17, 15) is 4.79 Å². The number of rotatable bonds is 3. The topological polar surface area (TPSA) is 93.2 Å². The van der Waals surface area contributed by atoms with Gasteiger partial charge in [-0.3, -0.25) is 4.79 Å². The van der Waals surface area contributed by atoms with Gasteiger partial charge in [0.05, 0.1) is 12.0 Å². The van der Waals surface area contributed by atoms with Gasteiger partial charge in [-0.25, -0.2) is 9.97 Å². The minimum Gasteiger partial charge on any atom is -0.459 e. The average Bonchev–Trinajstić information content (AvgIpc) is 3.44. The van der Waals surface area contributed by atoms with E-state index in [0.717, 1.165) is 11.5 Å². The summed E-state index contributed by atoms with van der Waals surface area (Å²) in [5.41, 5.74) is 2.20. The molecule has 1 aliphatic heterocycles. The van der Waals surface area contributed by atoms with Crippen molar-refractivity contribution < 1.29 is 9.21 Å². The minimum atomic E-state index is -0.0903. The number of piperazine rings is 1. The Bertz CT molecular complexity index is 1100. The number of aromatic nitrogens is 5. The number of amides is 1. The third kappa shape index (κ3) is 2.77. The molecule has 140 valence electrons. The van der Waals surface area contributed by atoms with Crippen LogP contribution in [0.5, 0.6) is 0 Å². The molecule has 0 aliphatic carbocycles. The van der Waals surface area contributed by atoms with Crippen molar-refractivity contribution in [2.45, 2.75) is 0 Å². The molecule has 0 unspecified atom stereocenters. The number of fused-ring (bicyclic) bond motifs is 1. The number of hydrogen-bond acceptors (Lipinski definition) is 7. The zero-order chi connectivity index (χ0) is 18.9. The van der Waals surface area contributed by atoms with Gasteiger partial charge < -0.3 is 14.2 Å². The average molecular weight is 375 g/mol. The molecule has 28 heavy (non-hydrogen) atoms. The highest BCUT2D eigenvalue weighted by Crippen LogP contribution is 2.23. The van der Waals surface area contributed by atoms with E-state index >= 15 is 0 Å². The number of anilines is 1. The van der Waals surface area contributed by atoms with Crippen LogP contribution in [0.15, 0.2) is 59.5 Å². The molecular weight excluding hydrogens is 358 g/mol. The number of carbonyl (C=O) groups excluding carboxylic acids is 1. The Morgan fingerprint density at radius 3 is 2.54 bits per heavy atom. The van der Waals surface area contributed by atoms with Crippen molar-refractivity contribution in [3.8, 4) is 5.69 Å². The third-order valence-electron chi connectivity index (χ3n) is 4.82. The summed E-state index contributed by atoms with van der Waals surface area (Å²) in [6.07, 6.45) is 3.04. The highest BCUT2D eigenvalue weighted by atomic mass is 16.3. The maximum Gasteiger partial charge on any atom is 0.289 e. The van der Waals surface area contributed by atoms with Crippen LogP contribution in [-0.4, -0.2) is 61.9 Å². The molecule has 1 aromatic carbocycles. The lowest BCUT2D eigenvalue weighted by atomic mass is 10.2. The van der Waals surface area contributed by atoms with Gasteiger partial charge in [0.1, 0.15) is 6.33 Å². The molecule has 0 radical (unpaired) electrons. The highest BCUT2D eigenvalue weighted by Gasteiger charge is 2.26. The third-order valence-corrected chi connectivity index (χ3v) is 4.82. The Morgan fingerprint density at radius 2 is 1.79 bits per heavy atom. The molecule has 1 aliphatic rings. The second kappa shape index (κ2) is 6.76. The molecule has 9 nitrogen and oxygen atoms in total. The van der Waals surface area contributed by atoms with Crippen molar-refractivity contribution in [3.63, 3.8) is 0 Å². The Kier molecular flexibility index (Phi) is 3.97. The first-order valence-electron chi connectivity index (χ1n) is 9.01. The van der Waals surface area contributed by atoms with Crippen molar-refractivity contribution in [2.24, 2.45) is 0 Å². The number of hydrogen-bond donors (Lipinski definition) is 0. The summed E-state index contributed by atoms with van der Waals surface area (Å²) < 4.78 is 6.92. The minimum absolute atomic E-state index is 0.0903. The van der Waals surface area contributed by atoms with Crippen molar-refractivity contribution in [2.75, 3.05) is 31.1 Å². The molecule has 5 rings (SSSR count). The molecule has 4 heterocycles. The van der Waals surface area contributed by atoms with E-state index in [0.29, 0.717) is 43.1 Å². The zero-order valence-electron chi connectivity index (χ0n) is 15.0. The molecular formula is C19H17N7O2. The molecule has 0 bridgehead atoms. The maximum absolute atomic E-state index is 12.4. The summed E-state index contributed by atoms with van der Waals surface area (Å²) in [6.45, 7) is 2.46. The van der Waals surface area contributed by atoms with Crippen molar-refractivity contribution in [3.05, 3.63) is 60.8 Å². The first kappa shape index (κ1) is 16.4. The zero-order valence-corrected chi connectivity index (χ0v) is 15.0. The lowest BCUT2D eigenvalue weighted by Crippen LogP contribution is -2.49. The standard InChI is InChI=1S/C19H17N7O2/c27-19(15-7-4-12-28-15)25-10-8-24(9-11-25)17-16-18(21-13-20-17)26(23-22-16)14-5-2-1-3-6-14/h1-7,12-13H,8-11H2. The molecule has 1 fully saturated rings. The monoisotopic (exact) mass is 375 g/mol. The molecule has 0 spiro atoms. The number of carbonyl (C=O) groups is 1. The number of nitrogens with zero attached hydrogens (tertiary/aromatic N) is 7. The maximum atomic E-state index is 12.4. The van der Waals surface area contributed by atoms with Crippen LogP contribution >= 0.6 is 0 Å². The largest absolute Gasteiger partial charge is 0.459 e. The number of para-hydroxylation sites is 1. The van der Waals surface area contributed by atoms with Crippen LogP contribution in [0.4, 0.5) is 5.82 Å². The van der Waals surface area contributed by atoms with Crippen LogP contribution in [0.1, 0.15) is 10.6 Å². The van der Waals surface area contributed by atoms with E-state index < -0.39 is 0 Å². The van der Waals surface area contributed by atoms with Gasteiger partial charge in [-0.05, 0) is 24.3 Å². The molecule has 4 aromatic rings. The first-order chi connectivity index (χ1) is 13.8. The number of furan rings is 1. The first-order valence-corrected chi connectivity index (χ1v) is 9.01. The fourth-order valence-corrected chi connectivity index (χ4v) is 3.39. The normalized spacial score (nSPS) is 14.6. The second-order valence-corrected chi connectivity index (χ2v) is 6.46. The Balaban J connectivity index is 1.39. The molecule has 3 aromatic heterocycles. The predicted molar refractivity (Wildman–Crippen MR) is 101 cm³/mol. The summed E-state index contributed by atoms with van der Waals surface area (Å²) in [5.74, 6) is 1.01. The van der Waals surface area contributed by atoms with Gasteiger partial charge in [-0.15, -0.1) is 5.10 Å². The van der Waals surface area contributed by atoms with Gasteiger partial charge in [-0.2, -0.15) is 4.68 Å². The van der Waals surface area contributed by atoms with Gasteiger partial charge in [0, 0.05) is 26.2 Å². The summed E-state index contributed by atoms with van der Waals surface area (Å²) in [6, 6.07) is 13.2. The molecule has 0 saturated carbocycles. The Morgan fingerprint density at radius 1 is 0.964 bits per heavy atom. The molecule has 1 saturated heterocycles. The lowest BCUT2D eigenvalue weighted by molar-refractivity contribution is 0.0714. The quantitative estimate of drug-likeness (QED) is 0.539.